The zero-order chi connectivity index (χ0) is 26.1. The van der Waals surface area contributed by atoms with E-state index in [2.05, 4.69) is 0 Å². The third-order valence-electron chi connectivity index (χ3n) is 5.75. The highest BCUT2D eigenvalue weighted by atomic mass is 16.6. The fourth-order valence-corrected chi connectivity index (χ4v) is 4.03. The Labute approximate surface area is 205 Å². The second-order valence-electron chi connectivity index (χ2n) is 7.95. The summed E-state index contributed by atoms with van der Waals surface area (Å²) in [7, 11) is 4.33. The molecular weight excluding hydrogens is 476 g/mol. The molecule has 1 aliphatic heterocycles. The maximum atomic E-state index is 12.9. The molecule has 3 aromatic rings. The second kappa shape index (κ2) is 9.53. The van der Waals surface area contributed by atoms with E-state index in [4.69, 9.17) is 23.7 Å². The van der Waals surface area contributed by atoms with Crippen molar-refractivity contribution in [2.24, 2.45) is 0 Å². The molecule has 0 saturated heterocycles. The van der Waals surface area contributed by atoms with Gasteiger partial charge in [-0.25, -0.2) is 4.79 Å². The Bertz CT molecular complexity index is 1270. The van der Waals surface area contributed by atoms with Gasteiger partial charge in [-0.1, -0.05) is 0 Å². The molecule has 0 spiro atoms. The van der Waals surface area contributed by atoms with Gasteiger partial charge < -0.3 is 49.2 Å². The van der Waals surface area contributed by atoms with Gasteiger partial charge in [-0.2, -0.15) is 0 Å². The highest BCUT2D eigenvalue weighted by Crippen LogP contribution is 2.46. The van der Waals surface area contributed by atoms with Gasteiger partial charge in [0.15, 0.2) is 34.9 Å². The summed E-state index contributed by atoms with van der Waals surface area (Å²) >= 11 is 0. The third-order valence-corrected chi connectivity index (χ3v) is 5.75. The number of hydrogen-bond donors (Lipinski definition) is 5. The first-order valence-corrected chi connectivity index (χ1v) is 10.6. The van der Waals surface area contributed by atoms with Crippen molar-refractivity contribution in [1.82, 2.24) is 0 Å². The minimum absolute atomic E-state index is 0.00936. The standard InChI is InChI=1S/C25H24O11/c1-32-19-6-11(7-20(33-2)24(19)34-3)23-21(10-14-15(27)8-13(26)9-18(14)35-23)36-25(31)12-4-16(28)22(30)17(29)5-12/h4-9,21,23,26-30H,10H2,1-3H3. The van der Waals surface area contributed by atoms with Gasteiger partial charge in [-0.05, 0) is 24.3 Å². The van der Waals surface area contributed by atoms with E-state index < -0.39 is 35.4 Å². The molecule has 5 N–H and O–H groups in total. The van der Waals surface area contributed by atoms with Crippen molar-refractivity contribution in [3.63, 3.8) is 0 Å². The summed E-state index contributed by atoms with van der Waals surface area (Å²) in [5, 5.41) is 49.5. The van der Waals surface area contributed by atoms with Gasteiger partial charge in [0.2, 0.25) is 5.75 Å². The Kier molecular flexibility index (Phi) is 6.47. The van der Waals surface area contributed by atoms with E-state index >= 15 is 0 Å². The van der Waals surface area contributed by atoms with Gasteiger partial charge in [0.1, 0.15) is 23.4 Å². The summed E-state index contributed by atoms with van der Waals surface area (Å²) in [5.41, 5.74) is 0.532. The lowest BCUT2D eigenvalue weighted by atomic mass is 9.93. The van der Waals surface area contributed by atoms with Crippen LogP contribution in [0.5, 0.6) is 51.7 Å². The highest BCUT2D eigenvalue weighted by Gasteiger charge is 2.37. The second-order valence-corrected chi connectivity index (χ2v) is 7.95. The summed E-state index contributed by atoms with van der Waals surface area (Å²) in [4.78, 5) is 12.9. The van der Waals surface area contributed by atoms with Gasteiger partial charge in [-0.15, -0.1) is 0 Å². The van der Waals surface area contributed by atoms with Crippen molar-refractivity contribution < 1.29 is 54.0 Å². The number of carbonyl (C=O) groups is 1. The van der Waals surface area contributed by atoms with E-state index in [9.17, 15) is 30.3 Å². The fraction of sp³-hybridized carbons (Fsp3) is 0.240. The van der Waals surface area contributed by atoms with Crippen molar-refractivity contribution >= 4 is 5.97 Å². The predicted molar refractivity (Wildman–Crippen MR) is 124 cm³/mol. The van der Waals surface area contributed by atoms with Crippen molar-refractivity contribution in [1.29, 1.82) is 0 Å². The molecule has 0 fully saturated rings. The number of carbonyl (C=O) groups excluding carboxylic acids is 1. The molecule has 1 aliphatic rings. The van der Waals surface area contributed by atoms with Crippen molar-refractivity contribution in [3.05, 3.63) is 53.1 Å². The van der Waals surface area contributed by atoms with Crippen LogP contribution >= 0.6 is 0 Å². The summed E-state index contributed by atoms with van der Waals surface area (Å²) in [5.74, 6) is -2.46. The largest absolute Gasteiger partial charge is 0.508 e. The molecule has 36 heavy (non-hydrogen) atoms. The minimum atomic E-state index is -1.03. The number of aromatic hydroxyl groups is 5. The first kappa shape index (κ1) is 24.5. The smallest absolute Gasteiger partial charge is 0.338 e. The Morgan fingerprint density at radius 2 is 1.44 bits per heavy atom. The van der Waals surface area contributed by atoms with Crippen LogP contribution in [0.4, 0.5) is 0 Å². The molecule has 0 amide bonds. The van der Waals surface area contributed by atoms with Crippen molar-refractivity contribution in [2.45, 2.75) is 18.6 Å². The number of benzene rings is 3. The number of phenols is 5. The summed E-state index contributed by atoms with van der Waals surface area (Å²) in [6.07, 6.45) is -2.00. The number of phenolic OH excluding ortho intramolecular Hbond substituents is 5. The van der Waals surface area contributed by atoms with Gasteiger partial charge in [0.25, 0.3) is 0 Å². The zero-order valence-electron chi connectivity index (χ0n) is 19.5. The molecule has 1 heterocycles. The van der Waals surface area contributed by atoms with Crippen LogP contribution in [0.3, 0.4) is 0 Å². The molecule has 190 valence electrons. The van der Waals surface area contributed by atoms with E-state index in [-0.39, 0.29) is 29.2 Å². The molecule has 2 atom stereocenters. The molecule has 0 radical (unpaired) electrons. The number of fused-ring (bicyclic) bond motifs is 1. The maximum absolute atomic E-state index is 12.9. The highest BCUT2D eigenvalue weighted by molar-refractivity contribution is 5.91. The Hall–Kier alpha value is -4.67. The quantitative estimate of drug-likeness (QED) is 0.249. The summed E-state index contributed by atoms with van der Waals surface area (Å²) in [6.45, 7) is 0. The molecule has 3 aromatic carbocycles. The van der Waals surface area contributed by atoms with Crippen LogP contribution in [-0.2, 0) is 11.2 Å². The van der Waals surface area contributed by atoms with E-state index in [0.29, 0.717) is 28.4 Å². The van der Waals surface area contributed by atoms with Gasteiger partial charge in [0, 0.05) is 29.7 Å². The van der Waals surface area contributed by atoms with E-state index in [1.54, 1.807) is 12.1 Å². The first-order chi connectivity index (χ1) is 17.2. The van der Waals surface area contributed by atoms with E-state index in [1.807, 2.05) is 0 Å². The Balaban J connectivity index is 1.78. The Morgan fingerprint density at radius 3 is 2.00 bits per heavy atom. The van der Waals surface area contributed by atoms with E-state index in [0.717, 1.165) is 18.2 Å². The monoisotopic (exact) mass is 500 g/mol. The number of rotatable bonds is 6. The van der Waals surface area contributed by atoms with Gasteiger partial charge >= 0.3 is 5.97 Å². The van der Waals surface area contributed by atoms with Gasteiger partial charge in [-0.3, -0.25) is 0 Å². The van der Waals surface area contributed by atoms with Crippen LogP contribution < -0.4 is 18.9 Å². The predicted octanol–water partition coefficient (Wildman–Crippen LogP) is 3.14. The van der Waals surface area contributed by atoms with Crippen LogP contribution in [0.1, 0.15) is 27.6 Å². The number of methoxy groups -OCH3 is 3. The lowest BCUT2D eigenvalue weighted by Gasteiger charge is -2.34. The topological polar surface area (TPSA) is 164 Å². The normalized spacial score (nSPS) is 16.4. The number of esters is 1. The maximum Gasteiger partial charge on any atom is 0.338 e. The van der Waals surface area contributed by atoms with Crippen LogP contribution in [-0.4, -0.2) is 58.9 Å². The summed E-state index contributed by atoms with van der Waals surface area (Å²) < 4.78 is 28.0. The minimum Gasteiger partial charge on any atom is -0.508 e. The van der Waals surface area contributed by atoms with Crippen LogP contribution in [0, 0.1) is 0 Å². The molecule has 0 saturated carbocycles. The molecule has 11 nitrogen and oxygen atoms in total. The van der Waals surface area contributed by atoms with Crippen LogP contribution in [0.15, 0.2) is 36.4 Å². The average molecular weight is 500 g/mol. The third kappa shape index (κ3) is 4.38. The SMILES string of the molecule is COc1cc(C2Oc3cc(O)cc(O)c3CC2OC(=O)c2cc(O)c(O)c(O)c2)cc(OC)c1OC. The Morgan fingerprint density at radius 1 is 0.833 bits per heavy atom. The summed E-state index contributed by atoms with van der Waals surface area (Å²) in [6, 6.07) is 7.57. The molecule has 4 rings (SSSR count). The van der Waals surface area contributed by atoms with Crippen LogP contribution in [0.25, 0.3) is 0 Å². The fourth-order valence-electron chi connectivity index (χ4n) is 4.03. The van der Waals surface area contributed by atoms with E-state index in [1.165, 1.54) is 27.4 Å². The molecule has 2 unspecified atom stereocenters. The van der Waals surface area contributed by atoms with Crippen LogP contribution in [0.2, 0.25) is 0 Å². The lowest BCUT2D eigenvalue weighted by molar-refractivity contribution is -0.0189. The molecule has 0 bridgehead atoms. The van der Waals surface area contributed by atoms with Gasteiger partial charge in [0.05, 0.1) is 26.9 Å². The molecule has 0 aromatic heterocycles. The lowest BCUT2D eigenvalue weighted by Crippen LogP contribution is -2.34. The molecule has 0 aliphatic carbocycles. The van der Waals surface area contributed by atoms with Crippen molar-refractivity contribution in [2.75, 3.05) is 21.3 Å². The zero-order valence-corrected chi connectivity index (χ0v) is 19.5. The number of ether oxygens (including phenoxy) is 5. The molecular formula is C25H24O11. The van der Waals surface area contributed by atoms with Crippen molar-refractivity contribution in [3.8, 4) is 51.7 Å². The molecule has 11 heteroatoms. The first-order valence-electron chi connectivity index (χ1n) is 10.6. The average Bonchev–Trinajstić information content (AvgIpc) is 2.85. The number of hydrogen-bond acceptors (Lipinski definition) is 11.